The van der Waals surface area contributed by atoms with Gasteiger partial charge in [0, 0.05) is 17.3 Å². The maximum atomic E-state index is 10.4. The molecule has 0 amide bonds. The second-order valence-electron chi connectivity index (χ2n) is 3.10. The Hall–Kier alpha value is 1.03. The van der Waals surface area contributed by atoms with Crippen molar-refractivity contribution < 1.29 is 28.8 Å². The molecule has 0 aromatic carbocycles. The van der Waals surface area contributed by atoms with Gasteiger partial charge >= 0.3 is 18.9 Å². The van der Waals surface area contributed by atoms with Gasteiger partial charge in [-0.2, -0.15) is 0 Å². The third kappa shape index (κ3) is 1.56. The third-order valence-corrected chi connectivity index (χ3v) is 5.06. The van der Waals surface area contributed by atoms with Crippen molar-refractivity contribution in [2.24, 2.45) is 11.3 Å². The van der Waals surface area contributed by atoms with Crippen molar-refractivity contribution in [1.29, 1.82) is 0 Å². The number of carbonyl (C=O) groups excluding carboxylic acids is 1. The molecule has 0 aliphatic heterocycles. The maximum Gasteiger partial charge on any atom is 1.00 e. The largest absolute Gasteiger partial charge is 1.00 e. The number of halogens is 2. The van der Waals surface area contributed by atoms with Crippen LogP contribution in [0.1, 0.15) is 13.8 Å². The molecule has 0 N–H and O–H groups in total. The number of carboxylic acid groups (broad SMARTS) is 1. The van der Waals surface area contributed by atoms with E-state index in [1.165, 1.54) is 0 Å². The first-order valence-electron chi connectivity index (χ1n) is 2.90. The molecule has 1 atom stereocenters. The van der Waals surface area contributed by atoms with Crippen LogP contribution in [-0.2, 0) is 4.79 Å². The second-order valence-corrected chi connectivity index (χ2v) is 6.66. The molecule has 0 bridgehead atoms. The summed E-state index contributed by atoms with van der Waals surface area (Å²) >= 11 is 6.54. The molecule has 0 radical (unpaired) electrons. The predicted octanol–water partition coefficient (Wildman–Crippen LogP) is -2.12. The first kappa shape index (κ1) is 12.0. The van der Waals surface area contributed by atoms with Crippen molar-refractivity contribution in [3.05, 3.63) is 0 Å². The first-order valence-corrected chi connectivity index (χ1v) is 4.49. The summed E-state index contributed by atoms with van der Waals surface area (Å²) in [5, 5.41) is 10.4. The van der Waals surface area contributed by atoms with Gasteiger partial charge < -0.3 is 9.90 Å². The average Bonchev–Trinajstić information content (AvgIpc) is 1.97. The zero-order chi connectivity index (χ0) is 8.15. The molecule has 0 aromatic rings. The summed E-state index contributed by atoms with van der Waals surface area (Å²) in [7, 11) is 0. The van der Waals surface area contributed by atoms with Gasteiger partial charge in [-0.1, -0.05) is 45.7 Å². The number of rotatable bonds is 1. The molecule has 1 aliphatic carbocycles. The van der Waals surface area contributed by atoms with E-state index >= 15 is 0 Å². The summed E-state index contributed by atoms with van der Waals surface area (Å²) < 4.78 is -0.453. The van der Waals surface area contributed by atoms with E-state index in [0.717, 1.165) is 0 Å². The molecule has 0 heterocycles. The molecule has 58 valence electrons. The van der Waals surface area contributed by atoms with E-state index in [9.17, 15) is 9.90 Å². The third-order valence-electron chi connectivity index (χ3n) is 2.10. The Kier molecular flexibility index (Phi) is 3.35. The molecule has 1 fully saturated rings. The summed E-state index contributed by atoms with van der Waals surface area (Å²) in [5.74, 6) is -1.43. The number of alkyl halides is 2. The van der Waals surface area contributed by atoms with Gasteiger partial charge in [0.1, 0.15) is 0 Å². The van der Waals surface area contributed by atoms with Gasteiger partial charge in [-0.25, -0.2) is 0 Å². The minimum Gasteiger partial charge on any atom is -0.550 e. The number of carboxylic acids is 1. The van der Waals surface area contributed by atoms with Crippen LogP contribution in [0.2, 0.25) is 0 Å². The van der Waals surface area contributed by atoms with E-state index < -0.39 is 15.1 Å². The van der Waals surface area contributed by atoms with Crippen LogP contribution >= 0.6 is 31.9 Å². The zero-order valence-electron chi connectivity index (χ0n) is 6.65. The number of carbonyl (C=O) groups is 1. The van der Waals surface area contributed by atoms with Crippen molar-refractivity contribution in [1.82, 2.24) is 0 Å². The molecule has 1 unspecified atom stereocenters. The van der Waals surface area contributed by atoms with Crippen LogP contribution in [0.4, 0.5) is 0 Å². The van der Waals surface area contributed by atoms with Crippen LogP contribution in [0.25, 0.3) is 0 Å². The Morgan fingerprint density at radius 3 is 1.73 bits per heavy atom. The topological polar surface area (TPSA) is 40.1 Å². The van der Waals surface area contributed by atoms with Crippen molar-refractivity contribution >= 4 is 37.8 Å². The predicted molar refractivity (Wildman–Crippen MR) is 42.9 cm³/mol. The van der Waals surface area contributed by atoms with Crippen molar-refractivity contribution in [2.75, 3.05) is 0 Å². The van der Waals surface area contributed by atoms with Crippen LogP contribution in [0, 0.1) is 11.3 Å². The van der Waals surface area contributed by atoms with E-state index in [1.54, 1.807) is 0 Å². The monoisotopic (exact) mass is 276 g/mol. The average molecular weight is 278 g/mol. The molecule has 2 nitrogen and oxygen atoms in total. The Morgan fingerprint density at radius 1 is 1.45 bits per heavy atom. The number of aliphatic carboxylic acids is 1. The number of hydrogen-bond donors (Lipinski definition) is 0. The van der Waals surface area contributed by atoms with Crippen LogP contribution < -0.4 is 24.0 Å². The molecule has 11 heavy (non-hydrogen) atoms. The summed E-state index contributed by atoms with van der Waals surface area (Å²) in [4.78, 5) is 10.4. The molecule has 5 heteroatoms. The van der Waals surface area contributed by atoms with Crippen LogP contribution in [0.15, 0.2) is 0 Å². The Morgan fingerprint density at radius 2 is 1.73 bits per heavy atom. The molecule has 1 aliphatic rings. The Bertz CT molecular complexity index is 177. The fraction of sp³-hybridized carbons (Fsp3) is 0.833. The molecule has 0 aromatic heterocycles. The maximum absolute atomic E-state index is 10.4. The van der Waals surface area contributed by atoms with E-state index in [2.05, 4.69) is 31.9 Å². The minimum absolute atomic E-state index is 0. The van der Waals surface area contributed by atoms with Gasteiger partial charge in [0.15, 0.2) is 0 Å². The Balaban J connectivity index is 0.000001000. The number of hydrogen-bond acceptors (Lipinski definition) is 2. The van der Waals surface area contributed by atoms with Gasteiger partial charge in [-0.3, -0.25) is 0 Å². The van der Waals surface area contributed by atoms with Crippen LogP contribution in [0.5, 0.6) is 0 Å². The molecule has 0 spiro atoms. The summed E-state index contributed by atoms with van der Waals surface area (Å²) in [6.45, 7) is 3.74. The molecular weight excluding hydrogens is 271 g/mol. The normalized spacial score (nSPS) is 30.4. The van der Waals surface area contributed by atoms with Crippen molar-refractivity contribution in [3.8, 4) is 0 Å². The fourth-order valence-electron chi connectivity index (χ4n) is 1.10. The summed E-state index contributed by atoms with van der Waals surface area (Å²) in [5.41, 5.74) is -0.244. The molecular formula is C6H7Br2LiO2. The van der Waals surface area contributed by atoms with Crippen molar-refractivity contribution in [3.63, 3.8) is 0 Å². The van der Waals surface area contributed by atoms with Crippen LogP contribution in [0.3, 0.4) is 0 Å². The molecule has 1 saturated carbocycles. The standard InChI is InChI=1S/C6H8Br2O2.Li/c1-5(2)3(4(9)10)6(5,7)8;/h3H,1-2H3,(H,9,10);/q;+1/p-1. The van der Waals surface area contributed by atoms with E-state index in [4.69, 9.17) is 0 Å². The molecule has 0 saturated heterocycles. The van der Waals surface area contributed by atoms with E-state index in [0.29, 0.717) is 0 Å². The van der Waals surface area contributed by atoms with Gasteiger partial charge in [0.05, 0.1) is 3.23 Å². The van der Waals surface area contributed by atoms with Crippen molar-refractivity contribution in [2.45, 2.75) is 17.1 Å². The minimum atomic E-state index is -1.00. The summed E-state index contributed by atoms with van der Waals surface area (Å²) in [6, 6.07) is 0. The van der Waals surface area contributed by atoms with Gasteiger partial charge in [-0.15, -0.1) is 0 Å². The van der Waals surface area contributed by atoms with Gasteiger partial charge in [0.25, 0.3) is 0 Å². The quantitative estimate of drug-likeness (QED) is 0.406. The zero-order valence-corrected chi connectivity index (χ0v) is 9.82. The Labute approximate surface area is 94.5 Å². The van der Waals surface area contributed by atoms with E-state index in [-0.39, 0.29) is 24.3 Å². The fourth-order valence-corrected chi connectivity index (χ4v) is 2.85. The summed E-state index contributed by atoms with van der Waals surface area (Å²) in [6.07, 6.45) is 0. The smallest absolute Gasteiger partial charge is 0.550 e. The SMILES string of the molecule is CC1(C)C(C(=O)[O-])C1(Br)Br.[Li+]. The van der Waals surface area contributed by atoms with E-state index in [1.807, 2.05) is 13.8 Å². The van der Waals surface area contributed by atoms with Gasteiger partial charge in [-0.05, 0) is 0 Å². The first-order chi connectivity index (χ1) is 4.32. The molecule has 1 rings (SSSR count). The van der Waals surface area contributed by atoms with Gasteiger partial charge in [0.2, 0.25) is 0 Å². The van der Waals surface area contributed by atoms with Crippen LogP contribution in [-0.4, -0.2) is 9.20 Å². The second kappa shape index (κ2) is 3.06.